The van der Waals surface area contributed by atoms with Gasteiger partial charge in [0.15, 0.2) is 5.82 Å². The summed E-state index contributed by atoms with van der Waals surface area (Å²) in [5.41, 5.74) is 5.02. The lowest BCUT2D eigenvalue weighted by molar-refractivity contribution is -0.154. The van der Waals surface area contributed by atoms with E-state index < -0.39 is 50.6 Å². The topological polar surface area (TPSA) is 255 Å². The smallest absolute Gasteiger partial charge is 0.428 e. The lowest BCUT2D eigenvalue weighted by Gasteiger charge is -2.38. The third kappa shape index (κ3) is 9.62. The monoisotopic (exact) mass is 761 g/mol. The Hall–Kier alpha value is -5.08. The zero-order valence-corrected chi connectivity index (χ0v) is 30.3. The largest absolute Gasteiger partial charge is 0.469 e. The zero-order chi connectivity index (χ0) is 38.4. The molecule has 1 aliphatic heterocycles. The van der Waals surface area contributed by atoms with Crippen LogP contribution in [0.25, 0.3) is 10.5 Å². The molecule has 2 amide bonds. The minimum atomic E-state index is -4.79. The molecule has 0 radical (unpaired) electrons. The lowest BCUT2D eigenvalue weighted by atomic mass is 9.91. The van der Waals surface area contributed by atoms with Crippen LogP contribution in [0.1, 0.15) is 39.7 Å². The number of nitriles is 1. The fraction of sp³-hybridized carbons (Fsp3) is 0.467. The van der Waals surface area contributed by atoms with Crippen molar-refractivity contribution in [2.75, 3.05) is 61.2 Å². The van der Waals surface area contributed by atoms with Crippen molar-refractivity contribution in [3.8, 4) is 6.07 Å². The molecule has 0 bridgehead atoms. The minimum absolute atomic E-state index is 0.000816. The standard InChI is InChI=1S/C30H37ClN11O9P/c1-6-35-26-27-36-15-22(34-5)42(27)38-28(37-26)41(29(45)50-17-49-23(43)13-30(3,4)16-51-52(46,47)48)21-12-19(14-32)11-20(24(21)31)40-9-7-39(8-10-40)18(2)25(33)44/h11-12,15,18H,6-10,13,16-17H2,1-4H3,(H2,33,44)(H,35,37,38)(H2,46,47,48)/t18-/m0/s1. The Bertz CT molecular complexity index is 1970. The normalized spacial score (nSPS) is 14.3. The van der Waals surface area contributed by atoms with Gasteiger partial charge < -0.3 is 40.1 Å². The third-order valence-corrected chi connectivity index (χ3v) is 8.69. The van der Waals surface area contributed by atoms with Crippen LogP contribution in [0.4, 0.5) is 33.8 Å². The summed E-state index contributed by atoms with van der Waals surface area (Å²) in [4.78, 5) is 73.1. The number of rotatable bonds is 14. The number of phosphoric acid groups is 1. The fourth-order valence-electron chi connectivity index (χ4n) is 5.15. The highest BCUT2D eigenvalue weighted by Gasteiger charge is 2.33. The molecular formula is C30H37ClN11O9P. The quantitative estimate of drug-likeness (QED) is 0.0797. The van der Waals surface area contributed by atoms with E-state index >= 15 is 0 Å². The van der Waals surface area contributed by atoms with Gasteiger partial charge in [0, 0.05) is 32.7 Å². The number of esters is 1. The molecule has 3 heterocycles. The molecule has 5 N–H and O–H groups in total. The first-order chi connectivity index (χ1) is 24.5. The SMILES string of the molecule is [C-]#[N+]c1cnc2c(NCC)nc(N(C(=O)OCOC(=O)CC(C)(C)COP(=O)(O)O)c3cc(C#N)cc(N4CCN([C@@H](C)C(N)=O)CC4)c3Cl)nn12. The van der Waals surface area contributed by atoms with Crippen LogP contribution in [-0.4, -0.2) is 104 Å². The number of piperazine rings is 1. The molecule has 0 aliphatic carbocycles. The second-order valence-corrected chi connectivity index (χ2v) is 13.9. The molecule has 20 nitrogen and oxygen atoms in total. The molecule has 3 aromatic rings. The van der Waals surface area contributed by atoms with Gasteiger partial charge in [-0.15, -0.1) is 4.52 Å². The number of imidazole rings is 1. The molecule has 1 aliphatic rings. The number of hydrogen-bond donors (Lipinski definition) is 4. The van der Waals surface area contributed by atoms with Gasteiger partial charge in [-0.2, -0.15) is 10.2 Å². The molecule has 278 valence electrons. The highest BCUT2D eigenvalue weighted by atomic mass is 35.5. The van der Waals surface area contributed by atoms with Gasteiger partial charge in [0.05, 0.1) is 53.3 Å². The Kier molecular flexibility index (Phi) is 12.6. The number of carbonyl (C=O) groups excluding carboxylic acids is 3. The van der Waals surface area contributed by atoms with Crippen LogP contribution in [0.5, 0.6) is 0 Å². The average Bonchev–Trinajstić information content (AvgIpc) is 3.51. The molecule has 2 aromatic heterocycles. The van der Waals surface area contributed by atoms with Gasteiger partial charge in [-0.25, -0.2) is 19.2 Å². The van der Waals surface area contributed by atoms with Crippen molar-refractivity contribution in [2.24, 2.45) is 11.1 Å². The first-order valence-electron chi connectivity index (χ1n) is 15.7. The van der Waals surface area contributed by atoms with Crippen LogP contribution in [-0.2, 0) is 28.2 Å². The van der Waals surface area contributed by atoms with Crippen molar-refractivity contribution in [2.45, 2.75) is 40.2 Å². The number of amides is 2. The summed E-state index contributed by atoms with van der Waals surface area (Å²) in [7, 11) is -4.79. The molecule has 1 fully saturated rings. The molecule has 52 heavy (non-hydrogen) atoms. The number of nitrogens with two attached hydrogens (primary N) is 1. The molecule has 0 unspecified atom stereocenters. The van der Waals surface area contributed by atoms with Crippen LogP contribution in [0, 0.1) is 23.3 Å². The molecule has 1 aromatic carbocycles. The van der Waals surface area contributed by atoms with Gasteiger partial charge in [0.1, 0.15) is 0 Å². The summed E-state index contributed by atoms with van der Waals surface area (Å²) < 4.78 is 27.2. The maximum atomic E-state index is 14.0. The summed E-state index contributed by atoms with van der Waals surface area (Å²) >= 11 is 7.00. The Morgan fingerprint density at radius 2 is 1.94 bits per heavy atom. The van der Waals surface area contributed by atoms with Crippen molar-refractivity contribution < 1.29 is 42.7 Å². The van der Waals surface area contributed by atoms with E-state index in [1.54, 1.807) is 19.9 Å². The predicted molar refractivity (Wildman–Crippen MR) is 186 cm³/mol. The van der Waals surface area contributed by atoms with E-state index in [-0.39, 0.29) is 45.9 Å². The Morgan fingerprint density at radius 3 is 2.54 bits per heavy atom. The average molecular weight is 762 g/mol. The molecule has 22 heteroatoms. The third-order valence-electron chi connectivity index (χ3n) is 7.84. The van der Waals surface area contributed by atoms with E-state index in [1.165, 1.54) is 26.1 Å². The van der Waals surface area contributed by atoms with E-state index in [9.17, 15) is 24.2 Å². The Labute approximate surface area is 303 Å². The first-order valence-corrected chi connectivity index (χ1v) is 17.6. The molecule has 4 rings (SSSR count). The molecule has 1 saturated heterocycles. The van der Waals surface area contributed by atoms with Crippen molar-refractivity contribution in [1.29, 1.82) is 5.26 Å². The van der Waals surface area contributed by atoms with Crippen molar-refractivity contribution in [3.63, 3.8) is 0 Å². The first kappa shape index (κ1) is 39.7. The Balaban J connectivity index is 1.71. The van der Waals surface area contributed by atoms with Crippen LogP contribution in [0.15, 0.2) is 18.3 Å². The summed E-state index contributed by atoms with van der Waals surface area (Å²) in [6.45, 7) is 14.8. The van der Waals surface area contributed by atoms with E-state index in [2.05, 4.69) is 35.8 Å². The molecule has 0 spiro atoms. The van der Waals surface area contributed by atoms with Crippen molar-refractivity contribution in [3.05, 3.63) is 40.3 Å². The van der Waals surface area contributed by atoms with Gasteiger partial charge in [-0.3, -0.25) is 19.0 Å². The van der Waals surface area contributed by atoms with Gasteiger partial charge in [-0.1, -0.05) is 37.1 Å². The van der Waals surface area contributed by atoms with Crippen molar-refractivity contribution in [1.82, 2.24) is 24.5 Å². The fourth-order valence-corrected chi connectivity index (χ4v) is 5.98. The number of carbonyl (C=O) groups is 3. The number of fused-ring (bicyclic) bond motifs is 1. The summed E-state index contributed by atoms with van der Waals surface area (Å²) in [5, 5.41) is 17.4. The number of anilines is 4. The van der Waals surface area contributed by atoms with Crippen LogP contribution in [0.2, 0.25) is 5.02 Å². The van der Waals surface area contributed by atoms with Gasteiger partial charge >= 0.3 is 19.9 Å². The highest BCUT2D eigenvalue weighted by Crippen LogP contribution is 2.41. The van der Waals surface area contributed by atoms with E-state index in [1.807, 2.05) is 9.80 Å². The number of ether oxygens (including phenoxy) is 2. The number of phosphoric ester groups is 1. The second kappa shape index (κ2) is 16.5. The number of hydrogen-bond acceptors (Lipinski definition) is 14. The Morgan fingerprint density at radius 1 is 1.25 bits per heavy atom. The number of nitrogens with one attached hydrogen (secondary N) is 1. The lowest BCUT2D eigenvalue weighted by Crippen LogP contribution is -2.53. The van der Waals surface area contributed by atoms with Gasteiger partial charge in [-0.05, 0) is 31.4 Å². The second-order valence-electron chi connectivity index (χ2n) is 12.3. The van der Waals surface area contributed by atoms with E-state index in [0.29, 0.717) is 38.4 Å². The van der Waals surface area contributed by atoms with E-state index in [0.717, 1.165) is 9.42 Å². The van der Waals surface area contributed by atoms with Crippen LogP contribution in [0.3, 0.4) is 0 Å². The summed E-state index contributed by atoms with van der Waals surface area (Å²) in [6.07, 6.45) is -0.271. The number of benzene rings is 1. The molecular weight excluding hydrogens is 725 g/mol. The maximum Gasteiger partial charge on any atom is 0.469 e. The highest BCUT2D eigenvalue weighted by molar-refractivity contribution is 7.46. The number of primary amides is 1. The minimum Gasteiger partial charge on any atom is -0.428 e. The van der Waals surface area contributed by atoms with Crippen LogP contribution < -0.4 is 20.9 Å². The number of nitrogens with zero attached hydrogens (tertiary/aromatic N) is 9. The number of aromatic nitrogens is 4. The summed E-state index contributed by atoms with van der Waals surface area (Å²) in [5.74, 6) is -1.54. The van der Waals surface area contributed by atoms with Crippen molar-refractivity contribution >= 4 is 72.0 Å². The maximum absolute atomic E-state index is 14.0. The van der Waals surface area contributed by atoms with Crippen LogP contribution >= 0.6 is 19.4 Å². The van der Waals surface area contributed by atoms with E-state index in [4.69, 9.17) is 43.2 Å². The van der Waals surface area contributed by atoms with Gasteiger partial charge in [0.25, 0.3) is 17.4 Å². The zero-order valence-electron chi connectivity index (χ0n) is 28.6. The molecule has 0 saturated carbocycles. The molecule has 1 atom stereocenters. The van der Waals surface area contributed by atoms with Gasteiger partial charge in [0.2, 0.25) is 12.7 Å². The summed E-state index contributed by atoms with van der Waals surface area (Å²) in [6, 6.07) is 4.43. The number of halogens is 1. The predicted octanol–water partition coefficient (Wildman–Crippen LogP) is 2.93.